The lowest BCUT2D eigenvalue weighted by Crippen LogP contribution is -2.41. The molecule has 0 fully saturated rings. The van der Waals surface area contributed by atoms with Gasteiger partial charge in [0, 0.05) is 72.6 Å². The molecule has 0 N–H and O–H groups in total. The molecule has 10 nitrogen and oxygen atoms in total. The fraction of sp³-hybridized carbons (Fsp3) is 0.0274. The maximum absolute atomic E-state index is 8.17. The van der Waals surface area contributed by atoms with E-state index in [0.29, 0.717) is 40.3 Å². The molecule has 0 saturated heterocycles. The van der Waals surface area contributed by atoms with Crippen LogP contribution < -0.4 is 4.80 Å². The minimum absolute atomic E-state index is 0.514. The molecule has 17 rings (SSSR count). The Morgan fingerprint density at radius 3 is 1.36 bits per heavy atom. The highest BCUT2D eigenvalue weighted by Gasteiger charge is 2.29. The second kappa shape index (κ2) is 18.7. The van der Waals surface area contributed by atoms with Gasteiger partial charge in [-0.2, -0.15) is 4.98 Å². The summed E-state index contributed by atoms with van der Waals surface area (Å²) < 4.78 is 12.9. The predicted octanol–water partition coefficient (Wildman–Crippen LogP) is 16.9. The summed E-state index contributed by atoms with van der Waals surface area (Å²) in [6.07, 6.45) is 6.43. The Morgan fingerprint density at radius 2 is 0.783 bits per heavy atom. The normalized spacial score (nSPS) is 12.4. The van der Waals surface area contributed by atoms with Crippen molar-refractivity contribution in [3.8, 4) is 74.0 Å². The molecule has 1 aliphatic rings. The van der Waals surface area contributed by atoms with Crippen LogP contribution in [0.2, 0.25) is 0 Å². The number of para-hydroxylation sites is 4. The zero-order valence-electron chi connectivity index (χ0n) is 44.6. The van der Waals surface area contributed by atoms with E-state index in [4.69, 9.17) is 34.6 Å². The fourth-order valence-electron chi connectivity index (χ4n) is 12.7. The number of allylic oxidation sites excluding steroid dienone is 1. The first kappa shape index (κ1) is 46.7. The van der Waals surface area contributed by atoms with Gasteiger partial charge in [-0.1, -0.05) is 206 Å². The van der Waals surface area contributed by atoms with Crippen LogP contribution in [0.3, 0.4) is 0 Å². The molecule has 0 bridgehead atoms. The SMILES string of the molecule is C1=Cc2c(c3ccccc3n2-c2cc(-c3nc(-c4ccccc4)n[n+](-c4ccccc4)n3)c3cccc4c5cccc6c(-c7nc(-c8ccccc8)nc(-c8ccccc8)n7)cc(-n7c8ccccc8c8ccccc87)c(oc2c34)c65)CC1. The van der Waals surface area contributed by atoms with Crippen molar-refractivity contribution in [3.05, 3.63) is 260 Å². The average molecular weight is 1070 g/mol. The lowest BCUT2D eigenvalue weighted by atomic mass is 9.94. The molecule has 5 aromatic heterocycles. The van der Waals surface area contributed by atoms with Crippen molar-refractivity contribution in [1.82, 2.24) is 39.3 Å². The summed E-state index contributed by atoms with van der Waals surface area (Å²) in [5, 5.41) is 19.6. The third-order valence-corrected chi connectivity index (χ3v) is 16.4. The molecular formula is C73H46N9O+. The van der Waals surface area contributed by atoms with Crippen molar-refractivity contribution in [1.29, 1.82) is 0 Å². The highest BCUT2D eigenvalue weighted by atomic mass is 16.3. The van der Waals surface area contributed by atoms with Crippen LogP contribution in [0.25, 0.3) is 156 Å². The molecule has 0 amide bonds. The lowest BCUT2D eigenvalue weighted by molar-refractivity contribution is -0.718. The molecule has 0 atom stereocenters. The monoisotopic (exact) mass is 1060 g/mol. The summed E-state index contributed by atoms with van der Waals surface area (Å²) in [7, 11) is 0. The lowest BCUT2D eigenvalue weighted by Gasteiger charge is -2.17. The van der Waals surface area contributed by atoms with Crippen LogP contribution in [-0.4, -0.2) is 39.3 Å². The van der Waals surface area contributed by atoms with E-state index in [1.165, 1.54) is 10.9 Å². The van der Waals surface area contributed by atoms with Gasteiger partial charge in [-0.05, 0) is 76.4 Å². The molecule has 10 heteroatoms. The summed E-state index contributed by atoms with van der Waals surface area (Å²) in [6, 6.07) is 84.2. The molecule has 11 aromatic carbocycles. The van der Waals surface area contributed by atoms with Crippen molar-refractivity contribution in [2.75, 3.05) is 0 Å². The molecule has 388 valence electrons. The van der Waals surface area contributed by atoms with E-state index in [9.17, 15) is 0 Å². The number of benzene rings is 11. The Labute approximate surface area is 475 Å². The third-order valence-electron chi connectivity index (χ3n) is 16.4. The van der Waals surface area contributed by atoms with Crippen LogP contribution in [0.5, 0.6) is 0 Å². The van der Waals surface area contributed by atoms with E-state index >= 15 is 0 Å². The van der Waals surface area contributed by atoms with E-state index in [2.05, 4.69) is 167 Å². The van der Waals surface area contributed by atoms with Gasteiger partial charge in [-0.15, -0.1) is 0 Å². The van der Waals surface area contributed by atoms with Crippen LogP contribution in [0.4, 0.5) is 0 Å². The first-order valence-electron chi connectivity index (χ1n) is 28.0. The Hall–Kier alpha value is -11.2. The molecule has 0 aliphatic heterocycles. The molecule has 0 spiro atoms. The van der Waals surface area contributed by atoms with Gasteiger partial charge in [-0.3, -0.25) is 0 Å². The molecule has 83 heavy (non-hydrogen) atoms. The number of hydrogen-bond acceptors (Lipinski definition) is 7. The minimum Gasteiger partial charge on any atom is -0.452 e. The number of fused-ring (bicyclic) bond motifs is 7. The summed E-state index contributed by atoms with van der Waals surface area (Å²) in [4.78, 5) is 23.1. The number of hydrogen-bond donors (Lipinski definition) is 0. The maximum atomic E-state index is 8.17. The highest BCUT2D eigenvalue weighted by molar-refractivity contribution is 6.28. The predicted molar refractivity (Wildman–Crippen MR) is 333 cm³/mol. The topological polar surface area (TPSA) is 104 Å². The number of aromatic nitrogens is 9. The molecule has 5 heterocycles. The van der Waals surface area contributed by atoms with Crippen molar-refractivity contribution < 1.29 is 9.21 Å². The van der Waals surface area contributed by atoms with E-state index in [-0.39, 0.29) is 0 Å². The van der Waals surface area contributed by atoms with Crippen LogP contribution in [-0.2, 0) is 6.42 Å². The van der Waals surface area contributed by atoms with E-state index in [1.807, 2.05) is 97.1 Å². The molecule has 0 unspecified atom stereocenters. The van der Waals surface area contributed by atoms with Gasteiger partial charge in [0.15, 0.2) is 28.6 Å². The van der Waals surface area contributed by atoms with E-state index < -0.39 is 0 Å². The molecule has 16 aromatic rings. The van der Waals surface area contributed by atoms with Crippen molar-refractivity contribution >= 4 is 82.3 Å². The van der Waals surface area contributed by atoms with Crippen molar-refractivity contribution in [2.24, 2.45) is 0 Å². The number of nitrogens with zero attached hydrogens (tertiary/aromatic N) is 9. The summed E-state index contributed by atoms with van der Waals surface area (Å²) in [6.45, 7) is 0. The summed E-state index contributed by atoms with van der Waals surface area (Å²) >= 11 is 0. The van der Waals surface area contributed by atoms with Gasteiger partial charge in [0.25, 0.3) is 5.69 Å². The van der Waals surface area contributed by atoms with Crippen LogP contribution in [0, 0.1) is 0 Å². The standard InChI is InChI=1S/C73H46N9O/c1-5-23-45(24-6-1)69-74-70(46-25-7-2-8-26-46)76-72(75-69)57-43-63(80-59-39-17-13-31-49(59)50-32-14-18-40-60(50)80)67-65-53(35-21-37-55(57)65)54-36-22-38-56-58(73-77-71(47-27-9-3-10-28-47)78-82(79-73)48-29-11-4-12-30-48)44-64(68(83-67)66(54)56)81-61-41-19-15-33-51(61)52-34-16-20-42-62(52)81/h1-15,17-33,35-44H,16,34H2/q+1. The molecule has 1 aliphatic carbocycles. The smallest absolute Gasteiger partial charge is 0.268 e. The third kappa shape index (κ3) is 7.39. The Bertz CT molecular complexity index is 5150. The molecular weight excluding hydrogens is 1020 g/mol. The zero-order valence-corrected chi connectivity index (χ0v) is 44.6. The summed E-state index contributed by atoms with van der Waals surface area (Å²) in [5.74, 6) is 2.76. The van der Waals surface area contributed by atoms with Gasteiger partial charge < -0.3 is 13.6 Å². The first-order valence-corrected chi connectivity index (χ1v) is 28.0. The van der Waals surface area contributed by atoms with Gasteiger partial charge in [0.2, 0.25) is 11.6 Å². The minimum atomic E-state index is 0.514. The van der Waals surface area contributed by atoms with Crippen molar-refractivity contribution in [2.45, 2.75) is 12.8 Å². The second-order valence-corrected chi connectivity index (χ2v) is 21.1. The average Bonchev–Trinajstić information content (AvgIpc) is 1.96. The van der Waals surface area contributed by atoms with Crippen LogP contribution >= 0.6 is 0 Å². The quantitative estimate of drug-likeness (QED) is 0.140. The van der Waals surface area contributed by atoms with Gasteiger partial charge in [0.05, 0.1) is 42.9 Å². The van der Waals surface area contributed by atoms with Gasteiger partial charge >= 0.3 is 0 Å². The van der Waals surface area contributed by atoms with E-state index in [0.717, 1.165) is 123 Å². The summed E-state index contributed by atoms with van der Waals surface area (Å²) in [5.41, 5.74) is 13.8. The Balaban J connectivity index is 1.07. The zero-order chi connectivity index (χ0) is 54.5. The van der Waals surface area contributed by atoms with Gasteiger partial charge in [0.1, 0.15) is 0 Å². The fourth-order valence-corrected chi connectivity index (χ4v) is 12.7. The Morgan fingerprint density at radius 1 is 0.361 bits per heavy atom. The Kier molecular flexibility index (Phi) is 10.5. The molecule has 0 radical (unpaired) electrons. The first-order chi connectivity index (χ1) is 41.2. The highest BCUT2D eigenvalue weighted by Crippen LogP contribution is 2.48. The second-order valence-electron chi connectivity index (χ2n) is 21.1. The number of rotatable bonds is 8. The maximum Gasteiger partial charge on any atom is 0.268 e. The van der Waals surface area contributed by atoms with Crippen LogP contribution in [0.1, 0.15) is 17.7 Å². The molecule has 0 saturated carbocycles. The van der Waals surface area contributed by atoms with E-state index in [1.54, 1.807) is 4.80 Å². The van der Waals surface area contributed by atoms with Crippen molar-refractivity contribution in [3.63, 3.8) is 0 Å². The van der Waals surface area contributed by atoms with Crippen LogP contribution in [0.15, 0.2) is 253 Å². The largest absolute Gasteiger partial charge is 0.452 e. The number of aryl methyl sites for hydroxylation is 1. The van der Waals surface area contributed by atoms with Gasteiger partial charge in [-0.25, -0.2) is 15.0 Å².